The molecule has 0 saturated carbocycles. The Morgan fingerprint density at radius 3 is 2.86 bits per heavy atom. The second kappa shape index (κ2) is 3.33. The molecule has 74 valence electrons. The number of benzene rings is 1. The summed E-state index contributed by atoms with van der Waals surface area (Å²) in [5, 5.41) is 0. The summed E-state index contributed by atoms with van der Waals surface area (Å²) in [4.78, 5) is 13.1. The van der Waals surface area contributed by atoms with Crippen LogP contribution in [0.25, 0.3) is 0 Å². The first-order valence-corrected chi connectivity index (χ1v) is 4.66. The largest absolute Gasteiger partial charge is 0.497 e. The van der Waals surface area contributed by atoms with Gasteiger partial charge in [0.25, 0.3) is 0 Å². The van der Waals surface area contributed by atoms with Crippen molar-refractivity contribution in [3.05, 3.63) is 23.8 Å². The fourth-order valence-corrected chi connectivity index (χ4v) is 1.74. The maximum Gasteiger partial charge on any atom is 0.227 e. The molecule has 1 heterocycles. The first kappa shape index (κ1) is 9.06. The highest BCUT2D eigenvalue weighted by atomic mass is 16.5. The molecule has 0 fully saturated rings. The topological polar surface area (TPSA) is 29.5 Å². The number of methoxy groups -OCH3 is 1. The second-order valence-electron chi connectivity index (χ2n) is 3.45. The lowest BCUT2D eigenvalue weighted by molar-refractivity contribution is -0.118. The number of rotatable bonds is 1. The summed E-state index contributed by atoms with van der Waals surface area (Å²) in [6.45, 7) is 0. The van der Waals surface area contributed by atoms with E-state index < -0.39 is 0 Å². The van der Waals surface area contributed by atoms with Gasteiger partial charge in [-0.3, -0.25) is 4.79 Å². The van der Waals surface area contributed by atoms with Crippen molar-refractivity contribution in [2.75, 3.05) is 19.1 Å². The lowest BCUT2D eigenvalue weighted by atomic mass is 10.0. The highest BCUT2D eigenvalue weighted by Gasteiger charge is 2.20. The molecule has 1 aromatic carbocycles. The van der Waals surface area contributed by atoms with Crippen LogP contribution in [0.3, 0.4) is 0 Å². The van der Waals surface area contributed by atoms with Gasteiger partial charge in [-0.2, -0.15) is 0 Å². The number of amides is 1. The molecule has 0 atom stereocenters. The van der Waals surface area contributed by atoms with Gasteiger partial charge in [0.1, 0.15) is 5.75 Å². The van der Waals surface area contributed by atoms with Crippen LogP contribution in [0.15, 0.2) is 18.2 Å². The van der Waals surface area contributed by atoms with Gasteiger partial charge in [0.05, 0.1) is 12.8 Å². The molecule has 2 rings (SSSR count). The maximum absolute atomic E-state index is 11.4. The summed E-state index contributed by atoms with van der Waals surface area (Å²) in [6.07, 6.45) is 1.44. The van der Waals surface area contributed by atoms with E-state index >= 15 is 0 Å². The minimum absolute atomic E-state index is 0.172. The molecule has 0 unspecified atom stereocenters. The fraction of sp³-hybridized carbons (Fsp3) is 0.364. The van der Waals surface area contributed by atoms with Crippen molar-refractivity contribution in [1.82, 2.24) is 0 Å². The minimum Gasteiger partial charge on any atom is -0.497 e. The van der Waals surface area contributed by atoms with Crippen molar-refractivity contribution in [3.63, 3.8) is 0 Å². The average molecular weight is 191 g/mol. The molecule has 0 bridgehead atoms. The molecule has 14 heavy (non-hydrogen) atoms. The Bertz CT molecular complexity index is 374. The van der Waals surface area contributed by atoms with Crippen LogP contribution in [0.2, 0.25) is 0 Å². The summed E-state index contributed by atoms with van der Waals surface area (Å²) in [5.74, 6) is 0.969. The van der Waals surface area contributed by atoms with E-state index in [4.69, 9.17) is 4.74 Å². The first-order chi connectivity index (χ1) is 6.72. The molecule has 3 nitrogen and oxygen atoms in total. The number of hydrogen-bond acceptors (Lipinski definition) is 2. The summed E-state index contributed by atoms with van der Waals surface area (Å²) in [5.41, 5.74) is 2.19. The molecule has 0 aromatic heterocycles. The number of aryl methyl sites for hydroxylation is 1. The standard InChI is InChI=1S/C11H13NO2/c1-12-10-7-9(14-2)5-3-8(10)4-6-11(12)13/h3,5,7H,4,6H2,1-2H3. The quantitative estimate of drug-likeness (QED) is 0.674. The number of hydrogen-bond donors (Lipinski definition) is 0. The van der Waals surface area contributed by atoms with Crippen molar-refractivity contribution in [2.24, 2.45) is 0 Å². The van der Waals surface area contributed by atoms with Crippen LogP contribution in [0, 0.1) is 0 Å². The van der Waals surface area contributed by atoms with E-state index in [0.717, 1.165) is 17.9 Å². The van der Waals surface area contributed by atoms with Gasteiger partial charge in [-0.25, -0.2) is 0 Å². The Labute approximate surface area is 83.3 Å². The molecule has 0 saturated heterocycles. The Morgan fingerprint density at radius 1 is 1.36 bits per heavy atom. The number of ether oxygens (including phenoxy) is 1. The number of fused-ring (bicyclic) bond motifs is 1. The van der Waals surface area contributed by atoms with Gasteiger partial charge in [-0.05, 0) is 18.1 Å². The van der Waals surface area contributed by atoms with Gasteiger partial charge >= 0.3 is 0 Å². The summed E-state index contributed by atoms with van der Waals surface area (Å²) >= 11 is 0. The highest BCUT2D eigenvalue weighted by molar-refractivity contribution is 5.96. The predicted molar refractivity (Wildman–Crippen MR) is 54.7 cm³/mol. The van der Waals surface area contributed by atoms with Crippen LogP contribution in [0.1, 0.15) is 12.0 Å². The maximum atomic E-state index is 11.4. The number of carbonyl (C=O) groups is 1. The molecule has 0 aliphatic carbocycles. The number of carbonyl (C=O) groups excluding carboxylic acids is 1. The summed E-state index contributed by atoms with van der Waals surface area (Å²) in [6, 6.07) is 5.87. The average Bonchev–Trinajstić information content (AvgIpc) is 2.23. The molecular formula is C11H13NO2. The fourth-order valence-electron chi connectivity index (χ4n) is 1.74. The third-order valence-electron chi connectivity index (χ3n) is 2.64. The number of anilines is 1. The van der Waals surface area contributed by atoms with Crippen LogP contribution in [0.4, 0.5) is 5.69 Å². The van der Waals surface area contributed by atoms with E-state index in [1.54, 1.807) is 19.1 Å². The molecule has 0 radical (unpaired) electrons. The van der Waals surface area contributed by atoms with Crippen LogP contribution < -0.4 is 9.64 Å². The second-order valence-corrected chi connectivity index (χ2v) is 3.45. The smallest absolute Gasteiger partial charge is 0.227 e. The Kier molecular flexibility index (Phi) is 2.15. The molecule has 1 aliphatic heterocycles. The third kappa shape index (κ3) is 1.35. The highest BCUT2D eigenvalue weighted by Crippen LogP contribution is 2.30. The normalized spacial score (nSPS) is 15.3. The van der Waals surface area contributed by atoms with Crippen molar-refractivity contribution in [2.45, 2.75) is 12.8 Å². The SMILES string of the molecule is COc1ccc2c(c1)N(C)C(=O)CC2. The van der Waals surface area contributed by atoms with Gasteiger partial charge in [-0.15, -0.1) is 0 Å². The van der Waals surface area contributed by atoms with Crippen LogP contribution in [-0.2, 0) is 11.2 Å². The van der Waals surface area contributed by atoms with Crippen molar-refractivity contribution >= 4 is 11.6 Å². The molecule has 1 aromatic rings. The molecule has 1 amide bonds. The van der Waals surface area contributed by atoms with Crippen molar-refractivity contribution in [1.29, 1.82) is 0 Å². The van der Waals surface area contributed by atoms with E-state index in [0.29, 0.717) is 6.42 Å². The van der Waals surface area contributed by atoms with Crippen molar-refractivity contribution in [3.8, 4) is 5.75 Å². The Balaban J connectivity index is 2.46. The number of nitrogens with zero attached hydrogens (tertiary/aromatic N) is 1. The van der Waals surface area contributed by atoms with Gasteiger partial charge < -0.3 is 9.64 Å². The van der Waals surface area contributed by atoms with Gasteiger partial charge in [0.15, 0.2) is 0 Å². The zero-order valence-electron chi connectivity index (χ0n) is 8.41. The Morgan fingerprint density at radius 2 is 2.14 bits per heavy atom. The van der Waals surface area contributed by atoms with E-state index in [-0.39, 0.29) is 5.91 Å². The van der Waals surface area contributed by atoms with Gasteiger partial charge in [0.2, 0.25) is 5.91 Å². The van der Waals surface area contributed by atoms with Crippen LogP contribution in [0.5, 0.6) is 5.75 Å². The lowest BCUT2D eigenvalue weighted by Gasteiger charge is -2.25. The lowest BCUT2D eigenvalue weighted by Crippen LogP contribution is -2.30. The Hall–Kier alpha value is -1.51. The molecule has 1 aliphatic rings. The minimum atomic E-state index is 0.172. The van der Waals surface area contributed by atoms with Crippen LogP contribution in [-0.4, -0.2) is 20.1 Å². The monoisotopic (exact) mass is 191 g/mol. The predicted octanol–water partition coefficient (Wildman–Crippen LogP) is 1.60. The molecule has 0 spiro atoms. The third-order valence-corrected chi connectivity index (χ3v) is 2.64. The zero-order valence-corrected chi connectivity index (χ0v) is 8.41. The van der Waals surface area contributed by atoms with Crippen molar-refractivity contribution < 1.29 is 9.53 Å². The summed E-state index contributed by atoms with van der Waals surface area (Å²) < 4.78 is 5.13. The van der Waals surface area contributed by atoms with E-state index in [9.17, 15) is 4.79 Å². The zero-order chi connectivity index (χ0) is 10.1. The van der Waals surface area contributed by atoms with Gasteiger partial charge in [0, 0.05) is 19.5 Å². The van der Waals surface area contributed by atoms with E-state index in [2.05, 4.69) is 0 Å². The first-order valence-electron chi connectivity index (χ1n) is 4.66. The summed E-state index contributed by atoms with van der Waals surface area (Å²) in [7, 11) is 3.44. The van der Waals surface area contributed by atoms with E-state index in [1.165, 1.54) is 5.56 Å². The van der Waals surface area contributed by atoms with E-state index in [1.807, 2.05) is 18.2 Å². The van der Waals surface area contributed by atoms with Crippen LogP contribution >= 0.6 is 0 Å². The molecule has 0 N–H and O–H groups in total. The molecular weight excluding hydrogens is 178 g/mol. The molecule has 3 heteroatoms. The van der Waals surface area contributed by atoms with Gasteiger partial charge in [-0.1, -0.05) is 6.07 Å².